The van der Waals surface area contributed by atoms with Crippen molar-refractivity contribution >= 4 is 17.9 Å². The van der Waals surface area contributed by atoms with Gasteiger partial charge in [-0.3, -0.25) is 14.4 Å². The van der Waals surface area contributed by atoms with Crippen molar-refractivity contribution in [2.75, 3.05) is 13.2 Å². The molecule has 0 aromatic rings. The Morgan fingerprint density at radius 1 is 0.266 bits per heavy atom. The van der Waals surface area contributed by atoms with Crippen molar-refractivity contribution in [2.24, 2.45) is 0 Å². The molecule has 79 heavy (non-hydrogen) atoms. The summed E-state index contributed by atoms with van der Waals surface area (Å²) < 4.78 is 17.0. The van der Waals surface area contributed by atoms with Crippen LogP contribution in [0.15, 0.2) is 72.9 Å². The van der Waals surface area contributed by atoms with E-state index in [1.54, 1.807) is 0 Å². The number of ether oxygens (including phenoxy) is 3. The third-order valence-electron chi connectivity index (χ3n) is 15.2. The van der Waals surface area contributed by atoms with E-state index >= 15 is 0 Å². The highest BCUT2D eigenvalue weighted by molar-refractivity contribution is 5.71. The van der Waals surface area contributed by atoms with Crippen LogP contribution in [0.2, 0.25) is 0 Å². The number of carbonyl (C=O) groups excluding carboxylic acids is 3. The van der Waals surface area contributed by atoms with Crippen LogP contribution in [-0.4, -0.2) is 37.2 Å². The first-order chi connectivity index (χ1) is 39.0. The lowest BCUT2D eigenvalue weighted by Gasteiger charge is -2.18. The summed E-state index contributed by atoms with van der Waals surface area (Å²) in [6.45, 7) is 6.53. The smallest absolute Gasteiger partial charge is 0.306 e. The van der Waals surface area contributed by atoms with Gasteiger partial charge in [0.15, 0.2) is 6.10 Å². The van der Waals surface area contributed by atoms with E-state index in [2.05, 4.69) is 93.7 Å². The number of carbonyl (C=O) groups is 3. The maximum Gasteiger partial charge on any atom is 0.306 e. The van der Waals surface area contributed by atoms with Crippen LogP contribution in [0.3, 0.4) is 0 Å². The Kier molecular flexibility index (Phi) is 64.7. The van der Waals surface area contributed by atoms with Crippen LogP contribution in [0, 0.1) is 0 Å². The molecule has 0 fully saturated rings. The van der Waals surface area contributed by atoms with Crippen molar-refractivity contribution in [3.63, 3.8) is 0 Å². The molecule has 0 bridgehead atoms. The summed E-state index contributed by atoms with van der Waals surface area (Å²) in [5, 5.41) is 0. The van der Waals surface area contributed by atoms with E-state index in [-0.39, 0.29) is 31.1 Å². The number of rotatable bonds is 63. The fraction of sp³-hybridized carbons (Fsp3) is 0.795. The zero-order chi connectivity index (χ0) is 57.1. The van der Waals surface area contributed by atoms with Crippen molar-refractivity contribution in [1.29, 1.82) is 0 Å². The molecule has 0 amide bonds. The summed E-state index contributed by atoms with van der Waals surface area (Å²) in [5.41, 5.74) is 0. The standard InChI is InChI=1S/C73H130O6/c1-4-7-10-13-16-19-22-25-28-30-32-34-36-37-38-40-41-43-45-48-51-54-57-60-63-66-72(75)78-69-70(68-77-71(74)65-62-59-56-53-50-47-27-24-21-18-15-12-9-6-3)79-73(76)67-64-61-58-55-52-49-46-44-42-39-35-33-31-29-26-23-20-17-14-11-8-5-2/h7,10,15-16,18-19,24-25,27-28,32,34,70H,4-6,8-9,11-14,17,20-23,26,29-31,33,35-69H2,1-3H3/b10-7-,18-15-,19-16-,27-24-,28-25-,34-32-. The zero-order valence-electron chi connectivity index (χ0n) is 52.6. The monoisotopic (exact) mass is 1100 g/mol. The van der Waals surface area contributed by atoms with Gasteiger partial charge < -0.3 is 14.2 Å². The summed E-state index contributed by atoms with van der Waals surface area (Å²) in [5.74, 6) is -0.872. The predicted molar refractivity (Wildman–Crippen MR) is 344 cm³/mol. The summed E-state index contributed by atoms with van der Waals surface area (Å²) in [4.78, 5) is 38.4. The first kappa shape index (κ1) is 75.8. The van der Waals surface area contributed by atoms with E-state index in [0.29, 0.717) is 19.3 Å². The van der Waals surface area contributed by atoms with Gasteiger partial charge in [0.2, 0.25) is 0 Å². The van der Waals surface area contributed by atoms with Crippen molar-refractivity contribution in [1.82, 2.24) is 0 Å². The molecule has 0 rings (SSSR count). The molecule has 0 saturated heterocycles. The van der Waals surface area contributed by atoms with Crippen LogP contribution in [0.5, 0.6) is 0 Å². The van der Waals surface area contributed by atoms with Gasteiger partial charge in [0.1, 0.15) is 13.2 Å². The van der Waals surface area contributed by atoms with Gasteiger partial charge in [0.25, 0.3) is 0 Å². The van der Waals surface area contributed by atoms with Crippen LogP contribution in [0.1, 0.15) is 355 Å². The second-order valence-corrected chi connectivity index (χ2v) is 23.1. The average molecular weight is 1100 g/mol. The summed E-state index contributed by atoms with van der Waals surface area (Å²) >= 11 is 0. The minimum Gasteiger partial charge on any atom is -0.462 e. The Labute approximate surface area is 491 Å². The average Bonchev–Trinajstić information content (AvgIpc) is 3.45. The molecular weight excluding hydrogens is 973 g/mol. The lowest BCUT2D eigenvalue weighted by atomic mass is 10.0. The lowest BCUT2D eigenvalue weighted by molar-refractivity contribution is -0.167. The van der Waals surface area contributed by atoms with Gasteiger partial charge >= 0.3 is 17.9 Å². The third-order valence-corrected chi connectivity index (χ3v) is 15.2. The molecule has 0 spiro atoms. The number of hydrogen-bond donors (Lipinski definition) is 0. The quantitative estimate of drug-likeness (QED) is 0.0261. The molecule has 0 radical (unpaired) electrons. The molecule has 0 N–H and O–H groups in total. The van der Waals surface area contributed by atoms with Crippen molar-refractivity contribution in [3.8, 4) is 0 Å². The van der Waals surface area contributed by atoms with Crippen molar-refractivity contribution in [3.05, 3.63) is 72.9 Å². The molecule has 1 unspecified atom stereocenters. The number of allylic oxidation sites excluding steroid dienone is 12. The van der Waals surface area contributed by atoms with Crippen molar-refractivity contribution < 1.29 is 28.6 Å². The number of unbranched alkanes of at least 4 members (excludes halogenated alkanes) is 40. The van der Waals surface area contributed by atoms with Crippen LogP contribution < -0.4 is 0 Å². The third kappa shape index (κ3) is 65.5. The summed E-state index contributed by atoms with van der Waals surface area (Å²) in [7, 11) is 0. The van der Waals surface area contributed by atoms with Gasteiger partial charge in [-0.05, 0) is 83.5 Å². The predicted octanol–water partition coefficient (Wildman–Crippen LogP) is 23.7. The molecular formula is C73H130O6. The highest BCUT2D eigenvalue weighted by atomic mass is 16.6. The molecule has 1 atom stereocenters. The fourth-order valence-electron chi connectivity index (χ4n) is 10.0. The first-order valence-electron chi connectivity index (χ1n) is 34.4. The van der Waals surface area contributed by atoms with Gasteiger partial charge in [-0.25, -0.2) is 0 Å². The minimum atomic E-state index is -0.781. The minimum absolute atomic E-state index is 0.0773. The topological polar surface area (TPSA) is 78.9 Å². The second-order valence-electron chi connectivity index (χ2n) is 23.1. The van der Waals surface area contributed by atoms with Crippen LogP contribution in [0.25, 0.3) is 0 Å². The molecule has 0 heterocycles. The Hall–Kier alpha value is -3.15. The van der Waals surface area contributed by atoms with E-state index in [0.717, 1.165) is 103 Å². The molecule has 0 aliphatic carbocycles. The highest BCUT2D eigenvalue weighted by Gasteiger charge is 2.19. The molecule has 0 aliphatic rings. The highest BCUT2D eigenvalue weighted by Crippen LogP contribution is 2.18. The largest absolute Gasteiger partial charge is 0.462 e. The van der Waals surface area contributed by atoms with Gasteiger partial charge in [-0.2, -0.15) is 0 Å². The Balaban J connectivity index is 4.29. The van der Waals surface area contributed by atoms with E-state index in [1.165, 1.54) is 212 Å². The molecule has 6 nitrogen and oxygen atoms in total. The van der Waals surface area contributed by atoms with Gasteiger partial charge in [0.05, 0.1) is 0 Å². The van der Waals surface area contributed by atoms with E-state index < -0.39 is 6.10 Å². The van der Waals surface area contributed by atoms with E-state index in [4.69, 9.17) is 14.2 Å². The van der Waals surface area contributed by atoms with Gasteiger partial charge in [-0.15, -0.1) is 0 Å². The Morgan fingerprint density at radius 2 is 0.506 bits per heavy atom. The normalized spacial score (nSPS) is 12.5. The van der Waals surface area contributed by atoms with Crippen LogP contribution in [-0.2, 0) is 28.6 Å². The number of hydrogen-bond acceptors (Lipinski definition) is 6. The zero-order valence-corrected chi connectivity index (χ0v) is 52.6. The molecule has 6 heteroatoms. The van der Waals surface area contributed by atoms with Gasteiger partial charge in [0, 0.05) is 19.3 Å². The molecule has 0 saturated carbocycles. The second kappa shape index (κ2) is 67.4. The van der Waals surface area contributed by atoms with E-state index in [1.807, 2.05) is 0 Å². The van der Waals surface area contributed by atoms with Crippen LogP contribution in [0.4, 0.5) is 0 Å². The SMILES string of the molecule is CC/C=C\C/C=C\C/C=C\C/C=C\CCCCCCCCCCCCCCC(=O)OCC(COC(=O)CCCCCCC/C=C\C/C=C\CCCC)OC(=O)CCCCCCCCCCCCCCCCCCCCCCCC. The molecule has 458 valence electrons. The Bertz CT molecular complexity index is 1450. The molecule has 0 aromatic heterocycles. The summed E-state index contributed by atoms with van der Waals surface area (Å²) in [6.07, 6.45) is 87.8. The molecule has 0 aromatic carbocycles. The summed E-state index contributed by atoms with van der Waals surface area (Å²) in [6, 6.07) is 0. The molecule has 0 aliphatic heterocycles. The van der Waals surface area contributed by atoms with Gasteiger partial charge in [-0.1, -0.05) is 325 Å². The fourth-order valence-corrected chi connectivity index (χ4v) is 10.0. The maximum absolute atomic E-state index is 12.9. The lowest BCUT2D eigenvalue weighted by Crippen LogP contribution is -2.30. The first-order valence-corrected chi connectivity index (χ1v) is 34.4. The van der Waals surface area contributed by atoms with E-state index in [9.17, 15) is 14.4 Å². The van der Waals surface area contributed by atoms with Crippen LogP contribution >= 0.6 is 0 Å². The van der Waals surface area contributed by atoms with Crippen molar-refractivity contribution in [2.45, 2.75) is 361 Å². The Morgan fingerprint density at radius 3 is 0.810 bits per heavy atom. The maximum atomic E-state index is 12.9. The number of esters is 3.